The molecule has 166 valence electrons. The summed E-state index contributed by atoms with van der Waals surface area (Å²) in [7, 11) is 0.107. The van der Waals surface area contributed by atoms with Crippen LogP contribution in [0.2, 0.25) is 19.6 Å². The highest BCUT2D eigenvalue weighted by Gasteiger charge is 2.63. The summed E-state index contributed by atoms with van der Waals surface area (Å²) in [6.45, 7) is 14.9. The molecule has 8 atom stereocenters. The van der Waals surface area contributed by atoms with Crippen molar-refractivity contribution in [1.82, 2.24) is 0 Å². The number of hydrogen-bond donors (Lipinski definition) is 0. The van der Waals surface area contributed by atoms with E-state index in [9.17, 15) is 0 Å². The molecule has 0 spiro atoms. The van der Waals surface area contributed by atoms with Crippen LogP contribution in [0.1, 0.15) is 78.6 Å². The Kier molecular flexibility index (Phi) is 5.77. The van der Waals surface area contributed by atoms with Gasteiger partial charge in [0, 0.05) is 6.10 Å². The van der Waals surface area contributed by atoms with Crippen LogP contribution < -0.4 is 0 Å². The zero-order valence-electron chi connectivity index (χ0n) is 20.1. The number of oxime groups is 1. The quantitative estimate of drug-likeness (QED) is 0.367. The number of hydrogen-bond acceptors (Lipinski definition) is 3. The van der Waals surface area contributed by atoms with Gasteiger partial charge in [-0.05, 0) is 111 Å². The fraction of sp³-hybridized carbons (Fsp3) is 0.960. The predicted octanol–water partition coefficient (Wildman–Crippen LogP) is 6.89. The van der Waals surface area contributed by atoms with Crippen molar-refractivity contribution in [1.29, 1.82) is 0 Å². The summed E-state index contributed by atoms with van der Waals surface area (Å²) in [5.74, 6) is 4.19. The normalized spacial score (nSPS) is 48.7. The van der Waals surface area contributed by atoms with Crippen LogP contribution in [0.25, 0.3) is 0 Å². The Morgan fingerprint density at radius 2 is 1.83 bits per heavy atom. The highest BCUT2D eigenvalue weighted by atomic mass is 28.4. The third-order valence-corrected chi connectivity index (χ3v) is 10.8. The van der Waals surface area contributed by atoms with E-state index in [1.54, 1.807) is 7.11 Å². The SMILES string of the molecule is CC[C@H]1CCC2C3CC[C@@H]4CC(=NOC)CC[C@]4(C)C3[C@@H](O[Si](C)(C)C)C[C@@]21C. The second-order valence-electron chi connectivity index (χ2n) is 12.3. The first-order chi connectivity index (χ1) is 13.6. The Hall–Kier alpha value is -0.353. The molecule has 4 saturated carbocycles. The molecule has 3 unspecified atom stereocenters. The third kappa shape index (κ3) is 3.64. The lowest BCUT2D eigenvalue weighted by atomic mass is 9.44. The van der Waals surface area contributed by atoms with Crippen LogP contribution in [0.3, 0.4) is 0 Å². The number of fused-ring (bicyclic) bond motifs is 5. The lowest BCUT2D eigenvalue weighted by Gasteiger charge is -2.63. The van der Waals surface area contributed by atoms with Crippen molar-refractivity contribution in [3.63, 3.8) is 0 Å². The molecule has 3 nitrogen and oxygen atoms in total. The molecule has 0 N–H and O–H groups in total. The number of nitrogens with zero attached hydrogens (tertiary/aromatic N) is 1. The van der Waals surface area contributed by atoms with Gasteiger partial charge in [-0.3, -0.25) is 0 Å². The van der Waals surface area contributed by atoms with E-state index in [0.717, 1.165) is 42.4 Å². The molecule has 0 aromatic rings. The second kappa shape index (κ2) is 7.65. The molecule has 4 rings (SSSR count). The van der Waals surface area contributed by atoms with Crippen LogP contribution in [0.4, 0.5) is 0 Å². The summed E-state index contributed by atoms with van der Waals surface area (Å²) in [6.07, 6.45) is 12.4. The zero-order chi connectivity index (χ0) is 21.0. The lowest BCUT2D eigenvalue weighted by molar-refractivity contribution is -0.157. The van der Waals surface area contributed by atoms with Gasteiger partial charge in [-0.15, -0.1) is 0 Å². The molecule has 0 heterocycles. The Balaban J connectivity index is 1.69. The lowest BCUT2D eigenvalue weighted by Crippen LogP contribution is -2.60. The molecule has 0 amide bonds. The molecule has 0 aromatic heterocycles. The molecule has 4 aliphatic rings. The predicted molar refractivity (Wildman–Crippen MR) is 124 cm³/mol. The van der Waals surface area contributed by atoms with Crippen molar-refractivity contribution < 1.29 is 9.26 Å². The first-order valence-corrected chi connectivity index (χ1v) is 15.8. The van der Waals surface area contributed by atoms with E-state index >= 15 is 0 Å². The summed E-state index contributed by atoms with van der Waals surface area (Å²) in [5, 5.41) is 4.37. The zero-order valence-corrected chi connectivity index (χ0v) is 21.1. The van der Waals surface area contributed by atoms with E-state index in [4.69, 9.17) is 9.26 Å². The summed E-state index contributed by atoms with van der Waals surface area (Å²) in [4.78, 5) is 5.15. The van der Waals surface area contributed by atoms with Gasteiger partial charge < -0.3 is 9.26 Å². The molecule has 4 aliphatic carbocycles. The molecular formula is C25H45NO2Si. The Bertz CT molecular complexity index is 643. The van der Waals surface area contributed by atoms with Crippen molar-refractivity contribution in [3.05, 3.63) is 0 Å². The van der Waals surface area contributed by atoms with Gasteiger partial charge in [-0.25, -0.2) is 0 Å². The van der Waals surface area contributed by atoms with Gasteiger partial charge in [-0.2, -0.15) is 0 Å². The fourth-order valence-corrected chi connectivity index (χ4v) is 9.84. The van der Waals surface area contributed by atoms with Crippen molar-refractivity contribution >= 4 is 14.0 Å². The maximum absolute atomic E-state index is 7.09. The smallest absolute Gasteiger partial charge is 0.184 e. The molecule has 0 aromatic carbocycles. The highest BCUT2D eigenvalue weighted by molar-refractivity contribution is 6.69. The van der Waals surface area contributed by atoms with Crippen LogP contribution in [-0.2, 0) is 9.26 Å². The second-order valence-corrected chi connectivity index (χ2v) is 16.7. The first kappa shape index (κ1) is 21.9. The summed E-state index contributed by atoms with van der Waals surface area (Å²) in [5.41, 5.74) is 2.20. The Morgan fingerprint density at radius 1 is 1.07 bits per heavy atom. The summed E-state index contributed by atoms with van der Waals surface area (Å²) < 4.78 is 7.09. The van der Waals surface area contributed by atoms with E-state index in [1.807, 2.05) is 0 Å². The monoisotopic (exact) mass is 419 g/mol. The standard InChI is InChI=1S/C25H45NO2Si/c1-8-17-10-12-21-20-11-9-18-15-19(26-27-4)13-14-24(18,2)23(20)22(16-25(17,21)3)28-29(5,6)7/h17-18,20-23H,8-16H2,1-7H3/t17-,18+,20?,21?,22-,23?,24-,25+/m0/s1. The van der Waals surface area contributed by atoms with Gasteiger partial charge in [0.15, 0.2) is 8.32 Å². The highest BCUT2D eigenvalue weighted by Crippen LogP contribution is 2.68. The minimum Gasteiger partial charge on any atom is -0.414 e. The molecule has 4 fully saturated rings. The van der Waals surface area contributed by atoms with Crippen molar-refractivity contribution in [2.75, 3.05) is 7.11 Å². The maximum atomic E-state index is 7.09. The van der Waals surface area contributed by atoms with Gasteiger partial charge in [0.1, 0.15) is 7.11 Å². The summed E-state index contributed by atoms with van der Waals surface area (Å²) >= 11 is 0. The largest absolute Gasteiger partial charge is 0.414 e. The van der Waals surface area contributed by atoms with Crippen LogP contribution in [0.5, 0.6) is 0 Å². The summed E-state index contributed by atoms with van der Waals surface area (Å²) in [6, 6.07) is 0. The van der Waals surface area contributed by atoms with Crippen molar-refractivity contribution in [2.45, 2.75) is 104 Å². The van der Waals surface area contributed by atoms with E-state index in [2.05, 4.69) is 45.6 Å². The Labute approximate surface area is 180 Å². The van der Waals surface area contributed by atoms with Gasteiger partial charge in [-0.1, -0.05) is 32.3 Å². The average Bonchev–Trinajstić information content (AvgIpc) is 2.96. The van der Waals surface area contributed by atoms with Crippen LogP contribution in [0.15, 0.2) is 5.16 Å². The van der Waals surface area contributed by atoms with Crippen LogP contribution in [0, 0.1) is 40.4 Å². The molecular weight excluding hydrogens is 374 g/mol. The molecule has 4 heteroatoms. The molecule has 0 aliphatic heterocycles. The fourth-order valence-electron chi connectivity index (χ4n) is 8.70. The third-order valence-electron chi connectivity index (χ3n) is 9.82. The molecule has 0 saturated heterocycles. The molecule has 0 radical (unpaired) electrons. The van der Waals surface area contributed by atoms with E-state index < -0.39 is 8.32 Å². The minimum absolute atomic E-state index is 0.408. The van der Waals surface area contributed by atoms with Crippen molar-refractivity contribution in [3.8, 4) is 0 Å². The van der Waals surface area contributed by atoms with E-state index in [1.165, 1.54) is 50.7 Å². The van der Waals surface area contributed by atoms with Gasteiger partial charge in [0.25, 0.3) is 0 Å². The van der Waals surface area contributed by atoms with Gasteiger partial charge >= 0.3 is 0 Å². The van der Waals surface area contributed by atoms with E-state index in [0.29, 0.717) is 16.9 Å². The molecule has 0 bridgehead atoms. The minimum atomic E-state index is -1.59. The van der Waals surface area contributed by atoms with Crippen LogP contribution in [-0.4, -0.2) is 27.2 Å². The average molecular weight is 420 g/mol. The van der Waals surface area contributed by atoms with Gasteiger partial charge in [0.2, 0.25) is 0 Å². The van der Waals surface area contributed by atoms with E-state index in [-0.39, 0.29) is 0 Å². The number of rotatable bonds is 4. The molecule has 29 heavy (non-hydrogen) atoms. The first-order valence-electron chi connectivity index (χ1n) is 12.4. The topological polar surface area (TPSA) is 30.8 Å². The van der Waals surface area contributed by atoms with Crippen LogP contribution >= 0.6 is 0 Å². The van der Waals surface area contributed by atoms with Crippen molar-refractivity contribution in [2.24, 2.45) is 45.6 Å². The maximum Gasteiger partial charge on any atom is 0.184 e. The Morgan fingerprint density at radius 3 is 2.48 bits per heavy atom. The van der Waals surface area contributed by atoms with Gasteiger partial charge in [0.05, 0.1) is 5.71 Å².